The Morgan fingerprint density at radius 2 is 2.37 bits per heavy atom. The zero-order valence-electron chi connectivity index (χ0n) is 11.1. The van der Waals surface area contributed by atoms with Crippen LogP contribution in [0.25, 0.3) is 0 Å². The highest BCUT2D eigenvalue weighted by Gasteiger charge is 2.23. The third kappa shape index (κ3) is 4.24. The van der Waals surface area contributed by atoms with Gasteiger partial charge < -0.3 is 10.3 Å². The van der Waals surface area contributed by atoms with Crippen LogP contribution >= 0.6 is 11.8 Å². The first-order valence-electron chi connectivity index (χ1n) is 6.60. The van der Waals surface area contributed by atoms with Crippen LogP contribution in [0.15, 0.2) is 17.2 Å². The summed E-state index contributed by atoms with van der Waals surface area (Å²) < 4.78 is 27.1. The summed E-state index contributed by atoms with van der Waals surface area (Å²) in [6.07, 6.45) is 3.54. The minimum Gasteiger partial charge on any atom is -0.363 e. The minimum absolute atomic E-state index is 0.0755. The number of hydrogen-bond donors (Lipinski definition) is 3. The molecule has 2 heterocycles. The molecule has 1 aliphatic heterocycles. The molecular weight excluding hydrogens is 282 g/mol. The number of nitrogens with one attached hydrogen (secondary N) is 3. The van der Waals surface area contributed by atoms with Gasteiger partial charge in [0, 0.05) is 30.2 Å². The van der Waals surface area contributed by atoms with Crippen molar-refractivity contribution in [2.45, 2.75) is 37.2 Å². The number of rotatable bonds is 7. The van der Waals surface area contributed by atoms with Crippen LogP contribution in [0.5, 0.6) is 0 Å². The first-order chi connectivity index (χ1) is 9.12. The topological polar surface area (TPSA) is 74.0 Å². The van der Waals surface area contributed by atoms with Gasteiger partial charge in [0.1, 0.15) is 0 Å². The Balaban J connectivity index is 1.95. The fraction of sp³-hybridized carbons (Fsp3) is 0.667. The van der Waals surface area contributed by atoms with E-state index in [9.17, 15) is 8.42 Å². The van der Waals surface area contributed by atoms with Gasteiger partial charge in [0.2, 0.25) is 10.0 Å². The number of sulfonamides is 1. The van der Waals surface area contributed by atoms with E-state index in [1.807, 2.05) is 0 Å². The minimum atomic E-state index is -3.38. The van der Waals surface area contributed by atoms with Crippen LogP contribution in [-0.4, -0.2) is 37.5 Å². The van der Waals surface area contributed by atoms with Gasteiger partial charge >= 0.3 is 0 Å². The lowest BCUT2D eigenvalue weighted by atomic mass is 10.3. The maximum atomic E-state index is 12.2. The Morgan fingerprint density at radius 3 is 3.05 bits per heavy atom. The third-order valence-electron chi connectivity index (χ3n) is 3.02. The van der Waals surface area contributed by atoms with Crippen LogP contribution < -0.4 is 10.0 Å². The Bertz CT molecular complexity index is 493. The second-order valence-corrected chi connectivity index (χ2v) is 7.58. The van der Waals surface area contributed by atoms with Crippen LogP contribution in [0.4, 0.5) is 0 Å². The van der Waals surface area contributed by atoms with E-state index in [0.29, 0.717) is 11.4 Å². The van der Waals surface area contributed by atoms with Gasteiger partial charge in [0.25, 0.3) is 0 Å². The lowest BCUT2D eigenvalue weighted by Gasteiger charge is -2.10. The number of aromatic nitrogens is 1. The maximum Gasteiger partial charge on any atom is 0.242 e. The number of thioether (sulfide) groups is 1. The molecule has 0 radical (unpaired) electrons. The molecule has 5 nitrogen and oxygen atoms in total. The van der Waals surface area contributed by atoms with E-state index in [2.05, 4.69) is 21.9 Å². The average Bonchev–Trinajstić information content (AvgIpc) is 3.00. The summed E-state index contributed by atoms with van der Waals surface area (Å²) in [6.45, 7) is 3.70. The van der Waals surface area contributed by atoms with Gasteiger partial charge in [-0.15, -0.1) is 0 Å². The van der Waals surface area contributed by atoms with E-state index < -0.39 is 10.0 Å². The van der Waals surface area contributed by atoms with E-state index in [1.54, 1.807) is 24.0 Å². The molecule has 2 rings (SSSR count). The molecule has 0 saturated carbocycles. The van der Waals surface area contributed by atoms with Gasteiger partial charge in [-0.2, -0.15) is 11.8 Å². The number of H-pyrrole nitrogens is 1. The number of aromatic amines is 1. The molecule has 1 saturated heterocycles. The molecule has 1 unspecified atom stereocenters. The predicted molar refractivity (Wildman–Crippen MR) is 78.8 cm³/mol. The van der Waals surface area contributed by atoms with E-state index in [-0.39, 0.29) is 6.04 Å². The Labute approximate surface area is 119 Å². The van der Waals surface area contributed by atoms with Crippen LogP contribution in [0.1, 0.15) is 25.5 Å². The molecule has 7 heteroatoms. The standard InChI is InChI=1S/C12H21N3O2S2/c1-2-4-13-7-11-6-12(8-14-11)19(16,17)15-10-3-5-18-9-10/h6,8,10,13-15H,2-5,7,9H2,1H3. The fourth-order valence-corrected chi connectivity index (χ4v) is 4.54. The second kappa shape index (κ2) is 6.78. The predicted octanol–water partition coefficient (Wildman–Crippen LogP) is 1.30. The molecule has 19 heavy (non-hydrogen) atoms. The molecule has 3 N–H and O–H groups in total. The molecule has 0 spiro atoms. The summed E-state index contributed by atoms with van der Waals surface area (Å²) in [6, 6.07) is 1.78. The van der Waals surface area contributed by atoms with Gasteiger partial charge in [-0.1, -0.05) is 6.92 Å². The molecule has 1 aromatic heterocycles. The highest BCUT2D eigenvalue weighted by molar-refractivity contribution is 7.99. The molecule has 108 valence electrons. The Kier molecular flexibility index (Phi) is 5.32. The quantitative estimate of drug-likeness (QED) is 0.664. The first kappa shape index (κ1) is 14.9. The van der Waals surface area contributed by atoms with E-state index in [4.69, 9.17) is 0 Å². The van der Waals surface area contributed by atoms with E-state index in [1.165, 1.54) is 0 Å². The van der Waals surface area contributed by atoms with Crippen LogP contribution in [0.2, 0.25) is 0 Å². The smallest absolute Gasteiger partial charge is 0.242 e. The molecule has 0 amide bonds. The molecule has 1 aromatic rings. The second-order valence-electron chi connectivity index (χ2n) is 4.72. The molecule has 1 aliphatic rings. The summed E-state index contributed by atoms with van der Waals surface area (Å²) >= 11 is 1.79. The lowest BCUT2D eigenvalue weighted by Crippen LogP contribution is -2.34. The third-order valence-corrected chi connectivity index (χ3v) is 5.68. The van der Waals surface area contributed by atoms with Crippen molar-refractivity contribution in [3.05, 3.63) is 18.0 Å². The van der Waals surface area contributed by atoms with Gasteiger partial charge in [0.15, 0.2) is 0 Å². The van der Waals surface area contributed by atoms with Crippen molar-refractivity contribution >= 4 is 21.8 Å². The summed E-state index contributed by atoms with van der Waals surface area (Å²) in [4.78, 5) is 3.34. The van der Waals surface area contributed by atoms with Crippen LogP contribution in [0, 0.1) is 0 Å². The van der Waals surface area contributed by atoms with Crippen molar-refractivity contribution in [2.75, 3.05) is 18.1 Å². The summed E-state index contributed by atoms with van der Waals surface area (Å²) in [7, 11) is -3.38. The zero-order valence-corrected chi connectivity index (χ0v) is 12.7. The molecule has 1 fully saturated rings. The van der Waals surface area contributed by atoms with Crippen molar-refractivity contribution in [1.82, 2.24) is 15.0 Å². The molecule has 0 bridgehead atoms. The van der Waals surface area contributed by atoms with E-state index in [0.717, 1.165) is 36.6 Å². The van der Waals surface area contributed by atoms with Crippen LogP contribution in [0.3, 0.4) is 0 Å². The van der Waals surface area contributed by atoms with Gasteiger partial charge in [-0.05, 0) is 31.2 Å². The zero-order chi connectivity index (χ0) is 13.7. The fourth-order valence-electron chi connectivity index (χ4n) is 1.99. The summed E-state index contributed by atoms with van der Waals surface area (Å²) in [5.74, 6) is 1.90. The van der Waals surface area contributed by atoms with Crippen molar-refractivity contribution in [3.63, 3.8) is 0 Å². The highest BCUT2D eigenvalue weighted by atomic mass is 32.2. The van der Waals surface area contributed by atoms with Gasteiger partial charge in [-0.25, -0.2) is 13.1 Å². The molecule has 1 atom stereocenters. The lowest BCUT2D eigenvalue weighted by molar-refractivity contribution is 0.563. The summed E-state index contributed by atoms with van der Waals surface area (Å²) in [5.41, 5.74) is 0.898. The monoisotopic (exact) mass is 303 g/mol. The van der Waals surface area contributed by atoms with Gasteiger partial charge in [0.05, 0.1) is 4.90 Å². The maximum absolute atomic E-state index is 12.2. The van der Waals surface area contributed by atoms with E-state index >= 15 is 0 Å². The number of hydrogen-bond acceptors (Lipinski definition) is 4. The normalized spacial score (nSPS) is 19.9. The molecule has 0 aromatic carbocycles. The largest absolute Gasteiger partial charge is 0.363 e. The van der Waals surface area contributed by atoms with Crippen molar-refractivity contribution < 1.29 is 8.42 Å². The Morgan fingerprint density at radius 1 is 1.53 bits per heavy atom. The molecular formula is C12H21N3O2S2. The SMILES string of the molecule is CCCNCc1cc(S(=O)(=O)NC2CCSC2)c[nH]1. The van der Waals surface area contributed by atoms with Crippen LogP contribution in [-0.2, 0) is 16.6 Å². The highest BCUT2D eigenvalue weighted by Crippen LogP contribution is 2.20. The Hall–Kier alpha value is -0.500. The average molecular weight is 303 g/mol. The summed E-state index contributed by atoms with van der Waals surface area (Å²) in [5, 5.41) is 3.24. The van der Waals surface area contributed by atoms with Crippen molar-refractivity contribution in [1.29, 1.82) is 0 Å². The van der Waals surface area contributed by atoms with Gasteiger partial charge in [-0.3, -0.25) is 0 Å². The first-order valence-corrected chi connectivity index (χ1v) is 9.23. The van der Waals surface area contributed by atoms with Crippen molar-refractivity contribution in [3.8, 4) is 0 Å². The molecule has 0 aliphatic carbocycles. The van der Waals surface area contributed by atoms with Crippen molar-refractivity contribution in [2.24, 2.45) is 0 Å².